The molecule has 0 bridgehead atoms. The second-order valence-electron chi connectivity index (χ2n) is 4.18. The van der Waals surface area contributed by atoms with E-state index >= 15 is 0 Å². The summed E-state index contributed by atoms with van der Waals surface area (Å²) in [6.45, 7) is 0.907. The van der Waals surface area contributed by atoms with Crippen LogP contribution in [-0.4, -0.2) is 42.0 Å². The van der Waals surface area contributed by atoms with Gasteiger partial charge in [-0.25, -0.2) is 0 Å². The fourth-order valence-corrected chi connectivity index (χ4v) is 2.10. The Morgan fingerprint density at radius 2 is 1.58 bits per heavy atom. The van der Waals surface area contributed by atoms with Crippen LogP contribution in [0.2, 0.25) is 0 Å². The summed E-state index contributed by atoms with van der Waals surface area (Å²) in [4.78, 5) is 0. The zero-order valence-electron chi connectivity index (χ0n) is 12.4. The van der Waals surface area contributed by atoms with Gasteiger partial charge in [0.05, 0.1) is 26.9 Å². The first-order valence-corrected chi connectivity index (χ1v) is 6.33. The molecule has 1 aromatic rings. The molecule has 108 valence electrons. The van der Waals surface area contributed by atoms with Crippen LogP contribution < -0.4 is 24.8 Å². The summed E-state index contributed by atoms with van der Waals surface area (Å²) in [6.07, 6.45) is 0.937. The van der Waals surface area contributed by atoms with Gasteiger partial charge in [-0.1, -0.05) is 0 Å². The van der Waals surface area contributed by atoms with E-state index in [1.54, 1.807) is 21.3 Å². The highest BCUT2D eigenvalue weighted by atomic mass is 16.5. The molecule has 0 heterocycles. The van der Waals surface area contributed by atoms with Gasteiger partial charge >= 0.3 is 0 Å². The third kappa shape index (κ3) is 3.75. The number of hydrogen-bond acceptors (Lipinski definition) is 5. The summed E-state index contributed by atoms with van der Waals surface area (Å²) < 4.78 is 16.2. The van der Waals surface area contributed by atoms with Crippen LogP contribution in [-0.2, 0) is 0 Å². The maximum atomic E-state index is 5.47. The largest absolute Gasteiger partial charge is 0.496 e. The lowest BCUT2D eigenvalue weighted by molar-refractivity contribution is 0.357. The smallest absolute Gasteiger partial charge is 0.131 e. The first kappa shape index (κ1) is 15.6. The first-order chi connectivity index (χ1) is 9.21. The fraction of sp³-hybridized carbons (Fsp3) is 0.571. The Labute approximate surface area is 115 Å². The zero-order chi connectivity index (χ0) is 14.3. The lowest BCUT2D eigenvalue weighted by Crippen LogP contribution is -2.22. The van der Waals surface area contributed by atoms with Crippen LogP contribution in [0.1, 0.15) is 18.0 Å². The second-order valence-corrected chi connectivity index (χ2v) is 4.18. The second kappa shape index (κ2) is 7.86. The molecule has 0 aliphatic carbocycles. The summed E-state index contributed by atoms with van der Waals surface area (Å²) in [7, 11) is 8.81. The fourth-order valence-electron chi connectivity index (χ4n) is 2.10. The molecule has 1 aromatic carbocycles. The van der Waals surface area contributed by atoms with Crippen LogP contribution in [0.5, 0.6) is 17.2 Å². The summed E-state index contributed by atoms with van der Waals surface area (Å²) in [5.41, 5.74) is 1.02. The third-order valence-electron chi connectivity index (χ3n) is 3.13. The molecular formula is C14H24N2O3. The minimum absolute atomic E-state index is 0.156. The van der Waals surface area contributed by atoms with E-state index in [-0.39, 0.29) is 6.04 Å². The number of rotatable bonds is 8. The van der Waals surface area contributed by atoms with Gasteiger partial charge in [0.15, 0.2) is 0 Å². The Morgan fingerprint density at radius 1 is 1.00 bits per heavy atom. The molecule has 0 aliphatic rings. The summed E-state index contributed by atoms with van der Waals surface area (Å²) in [6, 6.07) is 3.91. The van der Waals surface area contributed by atoms with E-state index in [2.05, 4.69) is 10.6 Å². The van der Waals surface area contributed by atoms with Crippen LogP contribution in [0.4, 0.5) is 0 Å². The normalized spacial score (nSPS) is 12.1. The van der Waals surface area contributed by atoms with Crippen molar-refractivity contribution < 1.29 is 14.2 Å². The number of methoxy groups -OCH3 is 3. The lowest BCUT2D eigenvalue weighted by Gasteiger charge is -2.22. The summed E-state index contributed by atoms with van der Waals surface area (Å²) in [5, 5.41) is 6.45. The van der Waals surface area contributed by atoms with E-state index < -0.39 is 0 Å². The SMILES string of the molecule is CNCCC(NC)c1c(OC)cc(OC)cc1OC. The molecule has 2 N–H and O–H groups in total. The molecule has 0 fully saturated rings. The van der Waals surface area contributed by atoms with Gasteiger partial charge in [-0.2, -0.15) is 0 Å². The van der Waals surface area contributed by atoms with Gasteiger partial charge in [-0.3, -0.25) is 0 Å². The highest BCUT2D eigenvalue weighted by Crippen LogP contribution is 2.39. The van der Waals surface area contributed by atoms with Gasteiger partial charge < -0.3 is 24.8 Å². The Balaban J connectivity index is 3.20. The van der Waals surface area contributed by atoms with E-state index in [4.69, 9.17) is 14.2 Å². The topological polar surface area (TPSA) is 51.8 Å². The Kier molecular flexibility index (Phi) is 6.45. The Hall–Kier alpha value is -1.46. The van der Waals surface area contributed by atoms with Crippen molar-refractivity contribution in [3.05, 3.63) is 17.7 Å². The zero-order valence-corrected chi connectivity index (χ0v) is 12.4. The molecule has 19 heavy (non-hydrogen) atoms. The van der Waals surface area contributed by atoms with Gasteiger partial charge in [0, 0.05) is 18.2 Å². The van der Waals surface area contributed by atoms with Gasteiger partial charge in [-0.15, -0.1) is 0 Å². The van der Waals surface area contributed by atoms with Gasteiger partial charge in [0.2, 0.25) is 0 Å². The highest BCUT2D eigenvalue weighted by molar-refractivity contribution is 5.52. The third-order valence-corrected chi connectivity index (χ3v) is 3.13. The average Bonchev–Trinajstić information content (AvgIpc) is 2.47. The average molecular weight is 268 g/mol. The maximum Gasteiger partial charge on any atom is 0.131 e. The van der Waals surface area contributed by atoms with Crippen molar-refractivity contribution >= 4 is 0 Å². The standard InChI is InChI=1S/C14H24N2O3/c1-15-7-6-11(16-2)14-12(18-4)8-10(17-3)9-13(14)19-5/h8-9,11,15-16H,6-7H2,1-5H3. The highest BCUT2D eigenvalue weighted by Gasteiger charge is 2.20. The molecule has 5 nitrogen and oxygen atoms in total. The van der Waals surface area contributed by atoms with Gasteiger partial charge in [0.25, 0.3) is 0 Å². The number of hydrogen-bond donors (Lipinski definition) is 2. The van der Waals surface area contributed by atoms with Crippen molar-refractivity contribution in [2.45, 2.75) is 12.5 Å². The monoisotopic (exact) mass is 268 g/mol. The minimum atomic E-state index is 0.156. The van der Waals surface area contributed by atoms with Gasteiger partial charge in [-0.05, 0) is 27.1 Å². The van der Waals surface area contributed by atoms with Crippen LogP contribution in [0.15, 0.2) is 12.1 Å². The quantitative estimate of drug-likeness (QED) is 0.750. The predicted molar refractivity (Wildman–Crippen MR) is 76.4 cm³/mol. The lowest BCUT2D eigenvalue weighted by atomic mass is 10.0. The molecule has 5 heteroatoms. The molecule has 1 atom stereocenters. The first-order valence-electron chi connectivity index (χ1n) is 6.33. The van der Waals surface area contributed by atoms with E-state index in [1.807, 2.05) is 26.2 Å². The minimum Gasteiger partial charge on any atom is -0.496 e. The predicted octanol–water partition coefficient (Wildman–Crippen LogP) is 1.58. The molecule has 1 unspecified atom stereocenters. The molecule has 0 saturated heterocycles. The number of ether oxygens (including phenoxy) is 3. The molecule has 0 aromatic heterocycles. The van der Waals surface area contributed by atoms with Crippen molar-refractivity contribution in [1.82, 2.24) is 10.6 Å². The molecular weight excluding hydrogens is 244 g/mol. The molecule has 0 radical (unpaired) electrons. The van der Waals surface area contributed by atoms with E-state index in [9.17, 15) is 0 Å². The van der Waals surface area contributed by atoms with Crippen molar-refractivity contribution in [3.8, 4) is 17.2 Å². The molecule has 0 saturated carbocycles. The van der Waals surface area contributed by atoms with Crippen LogP contribution in [0, 0.1) is 0 Å². The van der Waals surface area contributed by atoms with Crippen LogP contribution in [0.3, 0.4) is 0 Å². The summed E-state index contributed by atoms with van der Waals surface area (Å²) in [5.74, 6) is 2.26. The molecule has 0 spiro atoms. The Bertz CT molecular complexity index is 371. The number of benzene rings is 1. The van der Waals surface area contributed by atoms with Crippen LogP contribution >= 0.6 is 0 Å². The van der Waals surface area contributed by atoms with E-state index in [0.717, 1.165) is 35.8 Å². The van der Waals surface area contributed by atoms with E-state index in [1.165, 1.54) is 0 Å². The molecule has 1 rings (SSSR count). The molecule has 0 amide bonds. The number of nitrogens with one attached hydrogen (secondary N) is 2. The van der Waals surface area contributed by atoms with Crippen LogP contribution in [0.25, 0.3) is 0 Å². The van der Waals surface area contributed by atoms with Crippen molar-refractivity contribution in [2.75, 3.05) is 42.0 Å². The van der Waals surface area contributed by atoms with Crippen molar-refractivity contribution in [3.63, 3.8) is 0 Å². The van der Waals surface area contributed by atoms with E-state index in [0.29, 0.717) is 0 Å². The van der Waals surface area contributed by atoms with Gasteiger partial charge in [0.1, 0.15) is 17.2 Å². The van der Waals surface area contributed by atoms with Crippen molar-refractivity contribution in [2.24, 2.45) is 0 Å². The maximum absolute atomic E-state index is 5.47. The van der Waals surface area contributed by atoms with Crippen molar-refractivity contribution in [1.29, 1.82) is 0 Å². The Morgan fingerprint density at radius 3 is 1.95 bits per heavy atom. The molecule has 0 aliphatic heterocycles. The summed E-state index contributed by atoms with van der Waals surface area (Å²) >= 11 is 0.